The van der Waals surface area contributed by atoms with Gasteiger partial charge in [-0.2, -0.15) is 4.98 Å². The minimum absolute atomic E-state index is 0.261. The molecule has 0 aliphatic carbocycles. The Morgan fingerprint density at radius 2 is 2.14 bits per heavy atom. The summed E-state index contributed by atoms with van der Waals surface area (Å²) in [6.07, 6.45) is 4.97. The van der Waals surface area contributed by atoms with Gasteiger partial charge in [0.15, 0.2) is 0 Å². The van der Waals surface area contributed by atoms with E-state index in [1.807, 2.05) is 25.1 Å². The fourth-order valence-corrected chi connectivity index (χ4v) is 3.03. The van der Waals surface area contributed by atoms with Crippen molar-refractivity contribution in [3.63, 3.8) is 0 Å². The monoisotopic (exact) mass is 391 g/mol. The molecule has 0 fully saturated rings. The average molecular weight is 391 g/mol. The molecule has 8 nitrogen and oxygen atoms in total. The number of nitrogens with zero attached hydrogens (tertiary/aromatic N) is 4. The summed E-state index contributed by atoms with van der Waals surface area (Å²) in [6.45, 7) is 3.98. The standard InChI is InChI=1S/C21H21N5O3/c1-4-5-19-24-20(25-29-19)14-7-6-13(2)16(10-14)23-21(27)17-12-22-18-11-15(28-3)8-9-26(17)18/h6-12H,4-5H2,1-3H3,(H,23,27). The van der Waals surface area contributed by atoms with Gasteiger partial charge in [0, 0.05) is 29.9 Å². The lowest BCUT2D eigenvalue weighted by atomic mass is 10.1. The van der Waals surface area contributed by atoms with Crippen LogP contribution in [-0.4, -0.2) is 32.5 Å². The number of amides is 1. The molecule has 0 unspecified atom stereocenters. The number of aryl methyl sites for hydroxylation is 2. The van der Waals surface area contributed by atoms with Crippen LogP contribution in [0.15, 0.2) is 47.2 Å². The van der Waals surface area contributed by atoms with E-state index in [1.54, 1.807) is 36.0 Å². The largest absolute Gasteiger partial charge is 0.497 e. The molecule has 1 N–H and O–H groups in total. The highest BCUT2D eigenvalue weighted by atomic mass is 16.5. The van der Waals surface area contributed by atoms with Crippen LogP contribution in [-0.2, 0) is 6.42 Å². The van der Waals surface area contributed by atoms with E-state index in [0.717, 1.165) is 24.0 Å². The first kappa shape index (κ1) is 18.7. The first-order valence-corrected chi connectivity index (χ1v) is 9.35. The number of rotatable bonds is 6. The summed E-state index contributed by atoms with van der Waals surface area (Å²) in [4.78, 5) is 21.6. The molecule has 0 aliphatic rings. The molecule has 4 aromatic rings. The smallest absolute Gasteiger partial charge is 0.274 e. The molecule has 0 spiro atoms. The number of fused-ring (bicyclic) bond motifs is 1. The maximum atomic E-state index is 12.9. The number of pyridine rings is 1. The first-order chi connectivity index (χ1) is 14.1. The Kier molecular flexibility index (Phi) is 4.99. The van der Waals surface area contributed by atoms with E-state index in [-0.39, 0.29) is 5.91 Å². The van der Waals surface area contributed by atoms with Gasteiger partial charge in [-0.15, -0.1) is 0 Å². The molecule has 148 valence electrons. The molecule has 0 bridgehead atoms. The molecule has 29 heavy (non-hydrogen) atoms. The third-order valence-electron chi connectivity index (χ3n) is 4.63. The molecular formula is C21H21N5O3. The van der Waals surface area contributed by atoms with Gasteiger partial charge in [-0.3, -0.25) is 9.20 Å². The Balaban J connectivity index is 1.61. The lowest BCUT2D eigenvalue weighted by Crippen LogP contribution is -2.15. The van der Waals surface area contributed by atoms with Crippen molar-refractivity contribution < 1.29 is 14.1 Å². The van der Waals surface area contributed by atoms with Crippen LogP contribution in [0.25, 0.3) is 17.0 Å². The molecule has 0 atom stereocenters. The number of imidazole rings is 1. The van der Waals surface area contributed by atoms with Gasteiger partial charge in [0.25, 0.3) is 5.91 Å². The molecule has 8 heteroatoms. The van der Waals surface area contributed by atoms with E-state index in [1.165, 1.54) is 0 Å². The highest BCUT2D eigenvalue weighted by Crippen LogP contribution is 2.25. The lowest BCUT2D eigenvalue weighted by molar-refractivity contribution is 0.102. The Labute approximate surface area is 167 Å². The summed E-state index contributed by atoms with van der Waals surface area (Å²) in [7, 11) is 1.59. The van der Waals surface area contributed by atoms with E-state index in [4.69, 9.17) is 9.26 Å². The van der Waals surface area contributed by atoms with Crippen LogP contribution in [0.4, 0.5) is 5.69 Å². The average Bonchev–Trinajstić information content (AvgIpc) is 3.36. The van der Waals surface area contributed by atoms with Crippen molar-refractivity contribution in [1.29, 1.82) is 0 Å². The Morgan fingerprint density at radius 1 is 1.28 bits per heavy atom. The van der Waals surface area contributed by atoms with Crippen LogP contribution >= 0.6 is 0 Å². The van der Waals surface area contributed by atoms with Crippen molar-refractivity contribution in [2.45, 2.75) is 26.7 Å². The molecule has 0 aliphatic heterocycles. The number of methoxy groups -OCH3 is 1. The topological polar surface area (TPSA) is 94.5 Å². The molecular weight excluding hydrogens is 370 g/mol. The minimum atomic E-state index is -0.261. The van der Waals surface area contributed by atoms with Gasteiger partial charge >= 0.3 is 0 Å². The summed E-state index contributed by atoms with van der Waals surface area (Å²) >= 11 is 0. The van der Waals surface area contributed by atoms with E-state index >= 15 is 0 Å². The minimum Gasteiger partial charge on any atom is -0.497 e. The van der Waals surface area contributed by atoms with Crippen molar-refractivity contribution in [3.05, 3.63) is 59.9 Å². The van der Waals surface area contributed by atoms with Gasteiger partial charge in [-0.25, -0.2) is 4.98 Å². The predicted molar refractivity (Wildman–Crippen MR) is 108 cm³/mol. The number of hydrogen-bond acceptors (Lipinski definition) is 6. The third kappa shape index (κ3) is 3.69. The Morgan fingerprint density at radius 3 is 2.93 bits per heavy atom. The molecule has 1 aromatic carbocycles. The van der Waals surface area contributed by atoms with E-state index < -0.39 is 0 Å². The van der Waals surface area contributed by atoms with Crippen molar-refractivity contribution in [1.82, 2.24) is 19.5 Å². The third-order valence-corrected chi connectivity index (χ3v) is 4.63. The quantitative estimate of drug-likeness (QED) is 0.536. The second kappa shape index (κ2) is 7.75. The first-order valence-electron chi connectivity index (χ1n) is 9.35. The fourth-order valence-electron chi connectivity index (χ4n) is 3.03. The van der Waals surface area contributed by atoms with Crippen molar-refractivity contribution in [2.24, 2.45) is 0 Å². The molecule has 0 saturated carbocycles. The van der Waals surface area contributed by atoms with Gasteiger partial charge in [0.05, 0.1) is 13.3 Å². The number of nitrogens with one attached hydrogen (secondary N) is 1. The molecule has 3 aromatic heterocycles. The Hall–Kier alpha value is -3.68. The summed E-state index contributed by atoms with van der Waals surface area (Å²) in [5.41, 5.74) is 3.44. The second-order valence-electron chi connectivity index (χ2n) is 6.68. The number of carbonyl (C=O) groups excluding carboxylic acids is 1. The van der Waals surface area contributed by atoms with Gasteiger partial charge < -0.3 is 14.6 Å². The molecule has 0 radical (unpaired) electrons. The summed E-state index contributed by atoms with van der Waals surface area (Å²) in [5, 5.41) is 7.00. The lowest BCUT2D eigenvalue weighted by Gasteiger charge is -2.09. The summed E-state index contributed by atoms with van der Waals surface area (Å²) < 4.78 is 12.2. The highest BCUT2D eigenvalue weighted by Gasteiger charge is 2.15. The van der Waals surface area contributed by atoms with E-state index in [2.05, 4.69) is 27.4 Å². The number of hydrogen-bond donors (Lipinski definition) is 1. The van der Waals surface area contributed by atoms with Crippen LogP contribution < -0.4 is 10.1 Å². The van der Waals surface area contributed by atoms with Crippen LogP contribution in [0.1, 0.15) is 35.3 Å². The van der Waals surface area contributed by atoms with Crippen LogP contribution in [0.5, 0.6) is 5.75 Å². The van der Waals surface area contributed by atoms with Crippen LogP contribution in [0.2, 0.25) is 0 Å². The molecule has 1 amide bonds. The second-order valence-corrected chi connectivity index (χ2v) is 6.68. The van der Waals surface area contributed by atoms with Crippen LogP contribution in [0.3, 0.4) is 0 Å². The number of anilines is 1. The number of benzene rings is 1. The summed E-state index contributed by atoms with van der Waals surface area (Å²) in [6, 6.07) is 9.22. The molecule has 4 rings (SSSR count). The van der Waals surface area contributed by atoms with Crippen molar-refractivity contribution in [3.8, 4) is 17.1 Å². The maximum Gasteiger partial charge on any atom is 0.274 e. The normalized spacial score (nSPS) is 11.0. The summed E-state index contributed by atoms with van der Waals surface area (Å²) in [5.74, 6) is 1.53. The SMILES string of the molecule is CCCc1nc(-c2ccc(C)c(NC(=O)c3cnc4cc(OC)ccn34)c2)no1. The Bertz CT molecular complexity index is 1180. The highest BCUT2D eigenvalue weighted by molar-refractivity contribution is 6.04. The molecule has 0 saturated heterocycles. The maximum absolute atomic E-state index is 12.9. The zero-order valence-corrected chi connectivity index (χ0v) is 16.5. The number of carbonyl (C=O) groups is 1. The predicted octanol–water partition coefficient (Wildman–Crippen LogP) is 3.91. The number of ether oxygens (including phenoxy) is 1. The van der Waals surface area contributed by atoms with Crippen molar-refractivity contribution >= 4 is 17.2 Å². The zero-order valence-electron chi connectivity index (χ0n) is 16.5. The zero-order chi connectivity index (χ0) is 20.4. The van der Waals surface area contributed by atoms with E-state index in [9.17, 15) is 4.79 Å². The molecule has 3 heterocycles. The van der Waals surface area contributed by atoms with Gasteiger partial charge in [0.2, 0.25) is 11.7 Å². The fraction of sp³-hybridized carbons (Fsp3) is 0.238. The van der Waals surface area contributed by atoms with E-state index in [0.29, 0.717) is 34.5 Å². The van der Waals surface area contributed by atoms with Crippen molar-refractivity contribution in [2.75, 3.05) is 12.4 Å². The van der Waals surface area contributed by atoms with Gasteiger partial charge in [-0.05, 0) is 31.0 Å². The van der Waals surface area contributed by atoms with Crippen LogP contribution in [0, 0.1) is 6.92 Å². The van der Waals surface area contributed by atoms with Gasteiger partial charge in [0.1, 0.15) is 17.1 Å². The number of aromatic nitrogens is 4. The van der Waals surface area contributed by atoms with Gasteiger partial charge in [-0.1, -0.05) is 24.2 Å².